The topological polar surface area (TPSA) is 412 Å². The van der Waals surface area contributed by atoms with E-state index >= 15 is 0 Å². The molecule has 2 aliphatic rings. The van der Waals surface area contributed by atoms with E-state index in [9.17, 15) is 58.2 Å². The molecule has 2 amide bonds. The van der Waals surface area contributed by atoms with E-state index in [4.69, 9.17) is 29.5 Å². The number of aliphatic hydroxyl groups is 3. The molecule has 6 aromatic rings. The molecule has 0 aliphatic carbocycles. The number of nitrogens with two attached hydrogens (primary N) is 1. The molecule has 72 heavy (non-hydrogen) atoms. The summed E-state index contributed by atoms with van der Waals surface area (Å²) in [7, 11) is -15.2. The second-order valence-electron chi connectivity index (χ2n) is 16.2. The van der Waals surface area contributed by atoms with Crippen LogP contribution in [0.2, 0.25) is 0 Å². The summed E-state index contributed by atoms with van der Waals surface area (Å²) >= 11 is 0. The Bertz CT molecular complexity index is 3110. The lowest BCUT2D eigenvalue weighted by Gasteiger charge is -2.31. The number of aromatic nitrogens is 7. The number of hydrogen-bond acceptors (Lipinski definition) is 22. The van der Waals surface area contributed by atoms with Gasteiger partial charge in [0.15, 0.2) is 53.0 Å². The number of benzene rings is 2. The van der Waals surface area contributed by atoms with Crippen LogP contribution in [0.15, 0.2) is 79.6 Å². The summed E-state index contributed by atoms with van der Waals surface area (Å²) in [6.45, 7) is -1.71. The lowest BCUT2D eigenvalue weighted by molar-refractivity contribution is -0.765. The zero-order valence-corrected chi connectivity index (χ0v) is 40.3. The number of fused-ring (bicyclic) bond motifs is 3. The summed E-state index contributed by atoms with van der Waals surface area (Å²) in [6, 6.07) is 16.2. The highest BCUT2D eigenvalue weighted by atomic mass is 31.3. The maximum atomic E-state index is 12.7. The van der Waals surface area contributed by atoms with E-state index in [1.807, 2.05) is 54.1 Å². The molecule has 2 fully saturated rings. The van der Waals surface area contributed by atoms with E-state index in [2.05, 4.69) is 38.9 Å². The van der Waals surface area contributed by atoms with Crippen molar-refractivity contribution < 1.29 is 99.4 Å². The Morgan fingerprint density at radius 1 is 0.875 bits per heavy atom. The molecule has 0 bridgehead atoms. The standard InChI is InChI=1S/C40H47N10O19P3/c1-48-24-9-3-2-8-23(24)47-30-25(48)10-4-11-26(30)63-16-6-12-29(51)42-13-14-43-37-31-38(45-20-44-37)50(21-46-31)40-35(68-70(56,57)58)33(53)28(67-40)19-65-72(61,62)69-71(59,60)64-18-27-32(52)34(54)39(66-27)49-15-5-7-22(17-49)36(41)55/h2-5,7-11,15,17,20-21,27-28,32-35,39-40,52-54H,6,12-14,16,18-19H2,1H3,(H6-2,41,42,43,44,45,51,55,56,57,58,59,60,61,62). The van der Waals surface area contributed by atoms with Crippen molar-refractivity contribution in [3.05, 3.63) is 85.2 Å². The van der Waals surface area contributed by atoms with Crippen molar-refractivity contribution in [3.63, 3.8) is 0 Å². The number of pyridine rings is 1. The third-order valence-electron chi connectivity index (χ3n) is 11.3. The van der Waals surface area contributed by atoms with Crippen molar-refractivity contribution in [2.75, 3.05) is 38.2 Å². The van der Waals surface area contributed by atoms with Gasteiger partial charge in [-0.25, -0.2) is 28.8 Å². The summed E-state index contributed by atoms with van der Waals surface area (Å²) in [6.07, 6.45) is -8.49. The Balaban J connectivity index is 0.824. The van der Waals surface area contributed by atoms with Gasteiger partial charge in [0.2, 0.25) is 16.9 Å². The molecular formula is C40H47N10O19P3. The quantitative estimate of drug-likeness (QED) is 0.0160. The van der Waals surface area contributed by atoms with Gasteiger partial charge in [-0.1, -0.05) is 18.2 Å². The predicted octanol–water partition coefficient (Wildman–Crippen LogP) is -1.83. The van der Waals surface area contributed by atoms with E-state index < -0.39 is 91.7 Å². The van der Waals surface area contributed by atoms with Gasteiger partial charge >= 0.3 is 7.82 Å². The third-order valence-corrected chi connectivity index (χ3v) is 14.3. The molecule has 0 radical (unpaired) electrons. The lowest BCUT2D eigenvalue weighted by atomic mass is 10.1. The number of amides is 2. The number of rotatable bonds is 22. The van der Waals surface area contributed by atoms with E-state index in [0.717, 1.165) is 33.8 Å². The second-order valence-corrected chi connectivity index (χ2v) is 20.3. The van der Waals surface area contributed by atoms with Crippen molar-refractivity contribution in [1.82, 2.24) is 29.8 Å². The van der Waals surface area contributed by atoms with Crippen molar-refractivity contribution in [1.29, 1.82) is 0 Å². The number of hydrogen-bond donors (Lipinski definition) is 8. The number of anilines is 1. The average molecular weight is 1060 g/mol. The first-order valence-corrected chi connectivity index (χ1v) is 26.1. The molecule has 4 aromatic heterocycles. The molecule has 10 atom stereocenters. The molecule has 9 N–H and O–H groups in total. The number of phosphoric acid groups is 3. The molecule has 32 heteroatoms. The zero-order valence-electron chi connectivity index (χ0n) is 37.6. The smallest absolute Gasteiger partial charge is 0.470 e. The van der Waals surface area contributed by atoms with Crippen LogP contribution in [0.3, 0.4) is 0 Å². The van der Waals surface area contributed by atoms with E-state index in [0.29, 0.717) is 17.7 Å². The average Bonchev–Trinajstić information content (AvgIpc) is 3.99. The summed E-state index contributed by atoms with van der Waals surface area (Å²) in [4.78, 5) is 86.3. The molecule has 2 aromatic carbocycles. The third kappa shape index (κ3) is 12.3. The minimum Gasteiger partial charge on any atom is -0.756 e. The van der Waals surface area contributed by atoms with Crippen LogP contribution in [0.4, 0.5) is 5.82 Å². The van der Waals surface area contributed by atoms with E-state index in [1.54, 1.807) is 0 Å². The van der Waals surface area contributed by atoms with Gasteiger partial charge in [0, 0.05) is 37.7 Å². The van der Waals surface area contributed by atoms with Crippen LogP contribution in [0.5, 0.6) is 5.75 Å². The Labute approximate surface area is 406 Å². The number of imidazole rings is 1. The number of primary amides is 1. The Morgan fingerprint density at radius 2 is 1.60 bits per heavy atom. The monoisotopic (exact) mass is 1060 g/mol. The molecule has 8 rings (SSSR count). The van der Waals surface area contributed by atoms with Crippen molar-refractivity contribution >= 4 is 74.3 Å². The normalized spacial score (nSPS) is 24.1. The highest BCUT2D eigenvalue weighted by Gasteiger charge is 2.50. The van der Waals surface area contributed by atoms with Gasteiger partial charge in [-0.15, -0.1) is 0 Å². The fourth-order valence-corrected chi connectivity index (χ4v) is 10.5. The molecule has 6 heterocycles. The fraction of sp³-hybridized carbons (Fsp3) is 0.400. The Hall–Kier alpha value is -5.55. The minimum atomic E-state index is -5.92. The first-order valence-electron chi connectivity index (χ1n) is 21.7. The number of nitrogens with one attached hydrogen (secondary N) is 2. The van der Waals surface area contributed by atoms with E-state index in [1.165, 1.54) is 29.1 Å². The van der Waals surface area contributed by atoms with Crippen molar-refractivity contribution in [3.8, 4) is 5.75 Å². The fourth-order valence-electron chi connectivity index (χ4n) is 7.92. The number of ether oxygens (including phenoxy) is 3. The second kappa shape index (κ2) is 21.9. The summed E-state index contributed by atoms with van der Waals surface area (Å²) in [5.41, 5.74) is 8.74. The molecule has 0 spiro atoms. The van der Waals surface area contributed by atoms with Crippen molar-refractivity contribution in [2.45, 2.75) is 61.9 Å². The lowest BCUT2D eigenvalue weighted by Crippen LogP contribution is -2.46. The number of para-hydroxylation sites is 3. The van der Waals surface area contributed by atoms with Gasteiger partial charge in [-0.2, -0.15) is 9.13 Å². The number of phosphoric ester groups is 3. The first kappa shape index (κ1) is 52.8. The molecular weight excluding hydrogens is 1020 g/mol. The SMILES string of the molecule is C[n+]1c2ccccc2nc2c(OCCCC(=O)NCCNc3ncnc4c3ncn4C3OC(COP(=O)([O-])OP(=O)([O-])OCC4OC([n+]5cccc(C(N)=O)c5)C(O)C4O)C(O)C3OP(=O)(O)O)cccc21. The molecule has 2 saturated heterocycles. The van der Waals surface area contributed by atoms with E-state index in [-0.39, 0.29) is 54.6 Å². The van der Waals surface area contributed by atoms with Gasteiger partial charge < -0.3 is 74.5 Å². The summed E-state index contributed by atoms with van der Waals surface area (Å²) in [5.74, 6) is -0.311. The number of aryl methyl sites for hydroxylation is 1. The van der Waals surface area contributed by atoms with Gasteiger partial charge in [0.05, 0.1) is 26.1 Å². The van der Waals surface area contributed by atoms with Crippen molar-refractivity contribution in [2.24, 2.45) is 12.8 Å². The maximum Gasteiger partial charge on any atom is 0.470 e. The first-order chi connectivity index (χ1) is 34.2. The van der Waals surface area contributed by atoms with Crippen LogP contribution in [0.25, 0.3) is 33.2 Å². The predicted molar refractivity (Wildman–Crippen MR) is 238 cm³/mol. The largest absolute Gasteiger partial charge is 0.756 e. The molecule has 0 saturated carbocycles. The van der Waals surface area contributed by atoms with Crippen LogP contribution in [-0.2, 0) is 52.9 Å². The highest BCUT2D eigenvalue weighted by molar-refractivity contribution is 7.59. The van der Waals surface area contributed by atoms with Gasteiger partial charge in [0.25, 0.3) is 27.8 Å². The van der Waals surface area contributed by atoms with Crippen LogP contribution >= 0.6 is 23.5 Å². The van der Waals surface area contributed by atoms with Crippen LogP contribution in [0, 0.1) is 0 Å². The Kier molecular flexibility index (Phi) is 16.0. The maximum absolute atomic E-state index is 12.7. The van der Waals surface area contributed by atoms with Gasteiger partial charge in [-0.05, 0) is 24.6 Å². The molecule has 386 valence electrons. The number of aliphatic hydroxyl groups excluding tert-OH is 3. The molecule has 29 nitrogen and oxygen atoms in total. The Morgan fingerprint density at radius 3 is 2.33 bits per heavy atom. The molecule has 2 aliphatic heterocycles. The summed E-state index contributed by atoms with van der Waals surface area (Å²) in [5, 5.41) is 37.9. The number of carbonyl (C=O) groups is 2. The highest BCUT2D eigenvalue weighted by Crippen LogP contribution is 2.56. The van der Waals surface area contributed by atoms with Crippen LogP contribution in [-0.4, -0.2) is 131 Å². The van der Waals surface area contributed by atoms with Crippen LogP contribution in [0.1, 0.15) is 35.7 Å². The van der Waals surface area contributed by atoms with Gasteiger partial charge in [-0.3, -0.25) is 27.8 Å². The van der Waals surface area contributed by atoms with Gasteiger partial charge in [0.1, 0.15) is 55.0 Å². The summed E-state index contributed by atoms with van der Waals surface area (Å²) < 4.78 is 77.1. The number of carbonyl (C=O) groups excluding carboxylic acids is 2. The number of nitrogens with zero attached hydrogens (tertiary/aromatic N) is 7. The minimum absolute atomic E-state index is 0.0143. The zero-order chi connectivity index (χ0) is 51.5. The molecule has 10 unspecified atom stereocenters. The van der Waals surface area contributed by atoms with Crippen LogP contribution < -0.4 is 40.0 Å².